The number of likely N-dealkylation sites (N-methyl/N-ethyl adjacent to an activating group) is 1. The Morgan fingerprint density at radius 1 is 1.33 bits per heavy atom. The van der Waals surface area contributed by atoms with E-state index in [1.54, 1.807) is 21.1 Å². The second-order valence-corrected chi connectivity index (χ2v) is 4.82. The third-order valence-electron chi connectivity index (χ3n) is 3.30. The number of benzene rings is 1. The van der Waals surface area contributed by atoms with E-state index in [4.69, 9.17) is 14.2 Å². The molecule has 0 saturated carbocycles. The Balaban J connectivity index is 3.00. The van der Waals surface area contributed by atoms with Crippen molar-refractivity contribution in [3.05, 3.63) is 35.9 Å². The van der Waals surface area contributed by atoms with Crippen LogP contribution >= 0.6 is 0 Å². The molecule has 0 radical (unpaired) electrons. The largest absolute Gasteiger partial charge is 0.464 e. The lowest BCUT2D eigenvalue weighted by Crippen LogP contribution is -2.52. The van der Waals surface area contributed by atoms with Gasteiger partial charge >= 0.3 is 5.97 Å². The second kappa shape index (κ2) is 8.77. The number of hydrogen-bond donors (Lipinski definition) is 1. The van der Waals surface area contributed by atoms with Gasteiger partial charge in [0.1, 0.15) is 0 Å². The highest BCUT2D eigenvalue weighted by atomic mass is 16.5. The molecule has 1 rings (SSSR count). The summed E-state index contributed by atoms with van der Waals surface area (Å²) in [6, 6.07) is 9.46. The van der Waals surface area contributed by atoms with Crippen molar-refractivity contribution in [1.29, 1.82) is 0 Å². The molecule has 0 fully saturated rings. The minimum Gasteiger partial charge on any atom is -0.464 e. The lowest BCUT2D eigenvalue weighted by atomic mass is 9.90. The molecule has 0 spiro atoms. The van der Waals surface area contributed by atoms with Crippen molar-refractivity contribution in [2.75, 3.05) is 34.0 Å². The fourth-order valence-electron chi connectivity index (χ4n) is 2.11. The van der Waals surface area contributed by atoms with E-state index in [-0.39, 0.29) is 18.7 Å². The fourth-order valence-corrected chi connectivity index (χ4v) is 2.11. The van der Waals surface area contributed by atoms with Crippen LogP contribution in [0.4, 0.5) is 0 Å². The van der Waals surface area contributed by atoms with Crippen molar-refractivity contribution in [2.24, 2.45) is 0 Å². The summed E-state index contributed by atoms with van der Waals surface area (Å²) in [4.78, 5) is 12.5. The number of nitrogens with one attached hydrogen (secondary N) is 1. The molecule has 1 aromatic rings. The molecule has 0 aliphatic heterocycles. The van der Waals surface area contributed by atoms with E-state index in [0.717, 1.165) is 5.56 Å². The van der Waals surface area contributed by atoms with Gasteiger partial charge in [0.25, 0.3) is 0 Å². The van der Waals surface area contributed by atoms with Crippen LogP contribution < -0.4 is 5.32 Å². The van der Waals surface area contributed by atoms with E-state index >= 15 is 0 Å². The van der Waals surface area contributed by atoms with Gasteiger partial charge in [-0.3, -0.25) is 5.32 Å². The van der Waals surface area contributed by atoms with E-state index < -0.39 is 5.54 Å². The third-order valence-corrected chi connectivity index (χ3v) is 3.30. The molecule has 5 nitrogen and oxygen atoms in total. The molecule has 0 bridgehead atoms. The van der Waals surface area contributed by atoms with Crippen LogP contribution in [0.3, 0.4) is 0 Å². The summed E-state index contributed by atoms with van der Waals surface area (Å²) >= 11 is 0. The normalized spacial score (nSPS) is 15.2. The van der Waals surface area contributed by atoms with E-state index in [0.29, 0.717) is 13.2 Å². The van der Waals surface area contributed by atoms with Crippen LogP contribution in [0.15, 0.2) is 30.3 Å². The third kappa shape index (κ3) is 4.52. The van der Waals surface area contributed by atoms with Crippen LogP contribution in [0, 0.1) is 0 Å². The molecule has 21 heavy (non-hydrogen) atoms. The molecule has 2 unspecified atom stereocenters. The van der Waals surface area contributed by atoms with Gasteiger partial charge in [0.2, 0.25) is 0 Å². The molecule has 0 aromatic heterocycles. The van der Waals surface area contributed by atoms with Crippen molar-refractivity contribution >= 4 is 5.97 Å². The lowest BCUT2D eigenvalue weighted by molar-refractivity contribution is -0.156. The van der Waals surface area contributed by atoms with Gasteiger partial charge in [0.05, 0.1) is 25.9 Å². The minimum atomic E-state index is -1.01. The van der Waals surface area contributed by atoms with Gasteiger partial charge in [-0.05, 0) is 26.5 Å². The zero-order valence-electron chi connectivity index (χ0n) is 13.2. The highest BCUT2D eigenvalue weighted by molar-refractivity contribution is 5.83. The van der Waals surface area contributed by atoms with Crippen LogP contribution in [0.25, 0.3) is 0 Å². The molecule has 0 aliphatic rings. The average molecular weight is 295 g/mol. The van der Waals surface area contributed by atoms with Crippen molar-refractivity contribution in [1.82, 2.24) is 5.32 Å². The zero-order valence-corrected chi connectivity index (χ0v) is 13.2. The van der Waals surface area contributed by atoms with E-state index in [1.807, 2.05) is 37.3 Å². The van der Waals surface area contributed by atoms with Gasteiger partial charge in [-0.2, -0.15) is 0 Å². The monoisotopic (exact) mass is 295 g/mol. The van der Waals surface area contributed by atoms with Crippen molar-refractivity contribution < 1.29 is 19.0 Å². The first-order valence-corrected chi connectivity index (χ1v) is 7.13. The van der Waals surface area contributed by atoms with Crippen LogP contribution in [-0.4, -0.2) is 46.1 Å². The number of esters is 1. The maximum atomic E-state index is 12.5. The number of methoxy groups -OCH3 is 1. The average Bonchev–Trinajstić information content (AvgIpc) is 2.50. The maximum absolute atomic E-state index is 12.5. The molecule has 1 N–H and O–H groups in total. The Bertz CT molecular complexity index is 424. The predicted molar refractivity (Wildman–Crippen MR) is 81.1 cm³/mol. The zero-order chi connectivity index (χ0) is 15.7. The highest BCUT2D eigenvalue weighted by Crippen LogP contribution is 2.24. The Morgan fingerprint density at radius 2 is 2.00 bits per heavy atom. The van der Waals surface area contributed by atoms with Crippen molar-refractivity contribution in [3.8, 4) is 0 Å². The maximum Gasteiger partial charge on any atom is 0.333 e. The lowest BCUT2D eigenvalue weighted by Gasteiger charge is -2.32. The summed E-state index contributed by atoms with van der Waals surface area (Å²) in [5.74, 6) is -0.344. The molecular weight excluding hydrogens is 270 g/mol. The van der Waals surface area contributed by atoms with Gasteiger partial charge in [-0.15, -0.1) is 0 Å². The molecule has 2 atom stereocenters. The number of rotatable bonds is 9. The number of ether oxygens (including phenoxy) is 3. The summed E-state index contributed by atoms with van der Waals surface area (Å²) in [5.41, 5.74) is -0.199. The van der Waals surface area contributed by atoms with Gasteiger partial charge in [0, 0.05) is 7.11 Å². The first-order chi connectivity index (χ1) is 10.1. The van der Waals surface area contributed by atoms with Crippen LogP contribution in [0.5, 0.6) is 0 Å². The van der Waals surface area contributed by atoms with Crippen LogP contribution in [0.1, 0.15) is 19.4 Å². The molecule has 118 valence electrons. The minimum absolute atomic E-state index is 0.110. The molecule has 0 saturated heterocycles. The topological polar surface area (TPSA) is 56.8 Å². The predicted octanol–water partition coefficient (Wildman–Crippen LogP) is 1.72. The Hall–Kier alpha value is -1.43. The fraction of sp³-hybridized carbons (Fsp3) is 0.562. The smallest absolute Gasteiger partial charge is 0.333 e. The Morgan fingerprint density at radius 3 is 2.52 bits per heavy atom. The summed E-state index contributed by atoms with van der Waals surface area (Å²) in [7, 11) is 3.35. The quantitative estimate of drug-likeness (QED) is 0.703. The standard InChI is InChI=1S/C16H25NO4/c1-5-20-15(18)16(17-3,12-21-13(2)11-19-4)14-9-7-6-8-10-14/h6-10,13,17H,5,11-12H2,1-4H3. The van der Waals surface area contributed by atoms with E-state index in [2.05, 4.69) is 5.32 Å². The van der Waals surface area contributed by atoms with Gasteiger partial charge < -0.3 is 14.2 Å². The highest BCUT2D eigenvalue weighted by Gasteiger charge is 2.41. The number of hydrogen-bond acceptors (Lipinski definition) is 5. The van der Waals surface area contributed by atoms with E-state index in [1.165, 1.54) is 0 Å². The molecule has 0 aliphatic carbocycles. The molecule has 5 heteroatoms. The summed E-state index contributed by atoms with van der Waals surface area (Å²) < 4.78 is 16.1. The van der Waals surface area contributed by atoms with Crippen molar-refractivity contribution in [3.63, 3.8) is 0 Å². The van der Waals surface area contributed by atoms with Crippen molar-refractivity contribution in [2.45, 2.75) is 25.5 Å². The summed E-state index contributed by atoms with van der Waals surface area (Å²) in [6.07, 6.45) is -0.110. The van der Waals surface area contributed by atoms with E-state index in [9.17, 15) is 4.79 Å². The molecular formula is C16H25NO4. The first-order valence-electron chi connectivity index (χ1n) is 7.13. The number of carbonyl (C=O) groups excluding carboxylic acids is 1. The van der Waals surface area contributed by atoms with Gasteiger partial charge in [-0.1, -0.05) is 30.3 Å². The summed E-state index contributed by atoms with van der Waals surface area (Å²) in [6.45, 7) is 4.66. The molecule has 0 amide bonds. The van der Waals surface area contributed by atoms with Crippen LogP contribution in [-0.2, 0) is 24.5 Å². The Labute approximate surface area is 126 Å². The van der Waals surface area contributed by atoms with Gasteiger partial charge in [-0.25, -0.2) is 4.79 Å². The SMILES string of the molecule is CCOC(=O)C(COC(C)COC)(NC)c1ccccc1. The number of carbonyl (C=O) groups is 1. The molecule has 0 heterocycles. The summed E-state index contributed by atoms with van der Waals surface area (Å²) in [5, 5.41) is 3.07. The van der Waals surface area contributed by atoms with Crippen LogP contribution in [0.2, 0.25) is 0 Å². The first kappa shape index (κ1) is 17.6. The Kier molecular flexibility index (Phi) is 7.36. The molecule has 1 aromatic carbocycles. The second-order valence-electron chi connectivity index (χ2n) is 4.82. The van der Waals surface area contributed by atoms with Gasteiger partial charge in [0.15, 0.2) is 5.54 Å².